The summed E-state index contributed by atoms with van der Waals surface area (Å²) in [5, 5.41) is 6.90. The number of hydrogen-bond acceptors (Lipinski definition) is 5. The Balaban J connectivity index is 0.00000420. The molecule has 0 radical (unpaired) electrons. The molecule has 1 saturated carbocycles. The van der Waals surface area contributed by atoms with Gasteiger partial charge in [-0.05, 0) is 37.7 Å². The fourth-order valence-electron chi connectivity index (χ4n) is 3.65. The van der Waals surface area contributed by atoms with Gasteiger partial charge in [-0.15, -0.1) is 24.0 Å². The van der Waals surface area contributed by atoms with E-state index >= 15 is 0 Å². The molecule has 7 nitrogen and oxygen atoms in total. The fourth-order valence-corrected chi connectivity index (χ4v) is 3.65. The first-order valence-electron chi connectivity index (χ1n) is 10.3. The molecule has 0 aliphatic heterocycles. The van der Waals surface area contributed by atoms with Crippen molar-refractivity contribution in [3.05, 3.63) is 23.9 Å². The highest BCUT2D eigenvalue weighted by molar-refractivity contribution is 14.0. The number of aliphatic imine (C=N–C) groups is 1. The fraction of sp³-hybridized carbons (Fsp3) is 0.714. The largest absolute Gasteiger partial charge is 0.475 e. The summed E-state index contributed by atoms with van der Waals surface area (Å²) in [7, 11) is 3.46. The summed E-state index contributed by atoms with van der Waals surface area (Å²) in [5.41, 5.74) is 1.31. The molecule has 8 heteroatoms. The van der Waals surface area contributed by atoms with Gasteiger partial charge in [-0.25, -0.2) is 4.98 Å². The van der Waals surface area contributed by atoms with Gasteiger partial charge in [0, 0.05) is 52.2 Å². The van der Waals surface area contributed by atoms with Gasteiger partial charge in [0.25, 0.3) is 0 Å². The van der Waals surface area contributed by atoms with E-state index in [-0.39, 0.29) is 24.0 Å². The van der Waals surface area contributed by atoms with Crippen LogP contribution in [0.5, 0.6) is 5.88 Å². The van der Waals surface area contributed by atoms with E-state index in [1.54, 1.807) is 20.4 Å². The van der Waals surface area contributed by atoms with Crippen LogP contribution in [0.1, 0.15) is 44.6 Å². The molecule has 0 bridgehead atoms. The van der Waals surface area contributed by atoms with E-state index in [0.29, 0.717) is 31.1 Å². The molecule has 1 heterocycles. The van der Waals surface area contributed by atoms with E-state index in [9.17, 15) is 0 Å². The summed E-state index contributed by atoms with van der Waals surface area (Å²) in [6.45, 7) is 6.21. The van der Waals surface area contributed by atoms with Gasteiger partial charge in [-0.2, -0.15) is 0 Å². The number of methoxy groups -OCH3 is 1. The monoisotopic (exact) mass is 520 g/mol. The minimum atomic E-state index is 0. The predicted molar refractivity (Wildman–Crippen MR) is 127 cm³/mol. The number of rotatable bonds is 12. The van der Waals surface area contributed by atoms with Crippen LogP contribution in [0.4, 0.5) is 0 Å². The van der Waals surface area contributed by atoms with Crippen LogP contribution in [0.2, 0.25) is 0 Å². The van der Waals surface area contributed by atoms with Crippen molar-refractivity contribution >= 4 is 29.9 Å². The third-order valence-corrected chi connectivity index (χ3v) is 5.32. The minimum absolute atomic E-state index is 0. The maximum Gasteiger partial charge on any atom is 0.218 e. The highest BCUT2D eigenvalue weighted by Gasteiger charge is 2.33. The molecule has 1 aromatic heterocycles. The molecular formula is C21H37IN4O3. The Kier molecular flexibility index (Phi) is 13.2. The highest BCUT2D eigenvalue weighted by Crippen LogP contribution is 2.40. The second-order valence-corrected chi connectivity index (χ2v) is 7.24. The van der Waals surface area contributed by atoms with E-state index in [4.69, 9.17) is 14.2 Å². The molecule has 29 heavy (non-hydrogen) atoms. The first kappa shape index (κ1) is 25.9. The lowest BCUT2D eigenvalue weighted by atomic mass is 9.83. The van der Waals surface area contributed by atoms with Crippen molar-refractivity contribution in [2.75, 3.05) is 47.1 Å². The number of pyridine rings is 1. The number of nitrogens with zero attached hydrogens (tertiary/aromatic N) is 2. The number of hydrogen-bond donors (Lipinski definition) is 2. The summed E-state index contributed by atoms with van der Waals surface area (Å²) in [4.78, 5) is 8.70. The lowest BCUT2D eigenvalue weighted by Gasteiger charge is -2.30. The van der Waals surface area contributed by atoms with Crippen molar-refractivity contribution in [1.82, 2.24) is 15.6 Å². The first-order chi connectivity index (χ1) is 13.7. The topological polar surface area (TPSA) is 77.0 Å². The molecule has 2 rings (SSSR count). The van der Waals surface area contributed by atoms with Crippen molar-refractivity contribution < 1.29 is 14.2 Å². The lowest BCUT2D eigenvalue weighted by Crippen LogP contribution is -2.43. The van der Waals surface area contributed by atoms with E-state index in [1.165, 1.54) is 25.7 Å². The number of aromatic nitrogens is 1. The van der Waals surface area contributed by atoms with Crippen LogP contribution >= 0.6 is 24.0 Å². The molecule has 1 aromatic rings. The number of nitrogens with one attached hydrogen (secondary N) is 2. The van der Waals surface area contributed by atoms with Crippen LogP contribution in [-0.4, -0.2) is 58.1 Å². The van der Waals surface area contributed by atoms with Gasteiger partial charge in [0.1, 0.15) is 6.61 Å². The van der Waals surface area contributed by atoms with Crippen molar-refractivity contribution in [2.45, 2.75) is 45.6 Å². The number of halogens is 1. The van der Waals surface area contributed by atoms with E-state index in [2.05, 4.69) is 27.5 Å². The van der Waals surface area contributed by atoms with Crippen LogP contribution in [0.3, 0.4) is 0 Å². The molecule has 166 valence electrons. The second kappa shape index (κ2) is 14.8. The molecule has 0 spiro atoms. The van der Waals surface area contributed by atoms with E-state index in [0.717, 1.165) is 37.7 Å². The Hall–Kier alpha value is -1.13. The molecule has 0 aromatic carbocycles. The molecule has 0 saturated heterocycles. The Labute approximate surface area is 192 Å². The normalized spacial score (nSPS) is 15.6. The highest BCUT2D eigenvalue weighted by atomic mass is 127. The van der Waals surface area contributed by atoms with Gasteiger partial charge in [-0.1, -0.05) is 18.9 Å². The van der Waals surface area contributed by atoms with Crippen LogP contribution in [-0.2, 0) is 16.0 Å². The second-order valence-electron chi connectivity index (χ2n) is 7.24. The molecule has 1 fully saturated rings. The molecule has 2 N–H and O–H groups in total. The van der Waals surface area contributed by atoms with Gasteiger partial charge in [0.2, 0.25) is 5.88 Å². The van der Waals surface area contributed by atoms with Crippen LogP contribution in [0, 0.1) is 5.41 Å². The zero-order chi connectivity index (χ0) is 20.1. The maximum absolute atomic E-state index is 5.71. The Morgan fingerprint density at radius 2 is 2.00 bits per heavy atom. The van der Waals surface area contributed by atoms with Crippen LogP contribution in [0.15, 0.2) is 23.3 Å². The first-order valence-corrected chi connectivity index (χ1v) is 10.3. The summed E-state index contributed by atoms with van der Waals surface area (Å²) in [6, 6.07) is 3.92. The maximum atomic E-state index is 5.71. The quantitative estimate of drug-likeness (QED) is 0.191. The van der Waals surface area contributed by atoms with Gasteiger partial charge in [0.05, 0.1) is 6.61 Å². The smallest absolute Gasteiger partial charge is 0.218 e. The summed E-state index contributed by atoms with van der Waals surface area (Å²) in [6.07, 6.45) is 7.95. The van der Waals surface area contributed by atoms with E-state index in [1.807, 2.05) is 12.1 Å². The summed E-state index contributed by atoms with van der Waals surface area (Å²) >= 11 is 0. The van der Waals surface area contributed by atoms with Gasteiger partial charge < -0.3 is 24.8 Å². The van der Waals surface area contributed by atoms with Gasteiger partial charge in [-0.3, -0.25) is 4.99 Å². The van der Waals surface area contributed by atoms with Gasteiger partial charge >= 0.3 is 0 Å². The molecule has 0 amide bonds. The average Bonchev–Trinajstić information content (AvgIpc) is 3.18. The Morgan fingerprint density at radius 1 is 1.21 bits per heavy atom. The number of ether oxygens (including phenoxy) is 3. The predicted octanol–water partition coefficient (Wildman–Crippen LogP) is 3.38. The van der Waals surface area contributed by atoms with Crippen LogP contribution in [0.25, 0.3) is 0 Å². The summed E-state index contributed by atoms with van der Waals surface area (Å²) in [5.74, 6) is 1.43. The minimum Gasteiger partial charge on any atom is -0.475 e. The van der Waals surface area contributed by atoms with E-state index < -0.39 is 0 Å². The van der Waals surface area contributed by atoms with Gasteiger partial charge in [0.15, 0.2) is 5.96 Å². The third-order valence-electron chi connectivity index (χ3n) is 5.32. The molecule has 1 aliphatic carbocycles. The standard InChI is InChI=1S/C21H36N4O3.HI/c1-4-27-13-11-21(9-5-6-10-21)17-25-20(22-2)24-16-18-8-7-12-23-19(18)28-15-14-26-3;/h7-8,12H,4-6,9-11,13-17H2,1-3H3,(H2,22,24,25);1H. The number of guanidine groups is 1. The lowest BCUT2D eigenvalue weighted by molar-refractivity contribution is 0.105. The zero-order valence-electron chi connectivity index (χ0n) is 18.0. The molecule has 0 atom stereocenters. The van der Waals surface area contributed by atoms with Crippen molar-refractivity contribution in [2.24, 2.45) is 10.4 Å². The Morgan fingerprint density at radius 3 is 2.69 bits per heavy atom. The molecular weight excluding hydrogens is 483 g/mol. The third kappa shape index (κ3) is 9.04. The van der Waals surface area contributed by atoms with Crippen molar-refractivity contribution in [1.29, 1.82) is 0 Å². The zero-order valence-corrected chi connectivity index (χ0v) is 20.4. The Bertz CT molecular complexity index is 595. The average molecular weight is 520 g/mol. The molecule has 0 unspecified atom stereocenters. The molecule has 1 aliphatic rings. The van der Waals surface area contributed by atoms with Crippen LogP contribution < -0.4 is 15.4 Å². The summed E-state index contributed by atoms with van der Waals surface area (Å²) < 4.78 is 16.4. The SMILES string of the molecule is CCOCCC1(CNC(=NC)NCc2cccnc2OCCOC)CCCC1.I. The van der Waals surface area contributed by atoms with Crippen molar-refractivity contribution in [3.8, 4) is 5.88 Å². The van der Waals surface area contributed by atoms with Crippen molar-refractivity contribution in [3.63, 3.8) is 0 Å².